The van der Waals surface area contributed by atoms with Crippen molar-refractivity contribution in [2.24, 2.45) is 0 Å². The first-order valence-electron chi connectivity index (χ1n) is 12.2. The van der Waals surface area contributed by atoms with Crippen LogP contribution in [0.25, 0.3) is 22.1 Å². The number of nitrogens with zero attached hydrogens (tertiary/aromatic N) is 3. The lowest BCUT2D eigenvalue weighted by molar-refractivity contribution is 0.127. The fourth-order valence-corrected chi connectivity index (χ4v) is 4.88. The minimum absolute atomic E-state index is 0.0858. The van der Waals surface area contributed by atoms with Crippen LogP contribution in [-0.4, -0.2) is 59.0 Å². The Morgan fingerprint density at radius 1 is 1.03 bits per heavy atom. The summed E-state index contributed by atoms with van der Waals surface area (Å²) in [6, 6.07) is 15.8. The number of pyridine rings is 2. The molecule has 0 bridgehead atoms. The van der Waals surface area contributed by atoms with Crippen molar-refractivity contribution in [2.75, 3.05) is 39.3 Å². The normalized spacial score (nSPS) is 16.1. The van der Waals surface area contributed by atoms with Crippen LogP contribution in [-0.2, 0) is 6.42 Å². The van der Waals surface area contributed by atoms with Gasteiger partial charge in [-0.15, -0.1) is 0 Å². The summed E-state index contributed by atoms with van der Waals surface area (Å²) in [5, 5.41) is 1.16. The zero-order valence-electron chi connectivity index (χ0n) is 19.7. The molecule has 1 saturated heterocycles. The fraction of sp³-hybridized carbons (Fsp3) is 0.357. The van der Waals surface area contributed by atoms with Gasteiger partial charge in [0.2, 0.25) is 5.56 Å². The molecule has 0 amide bonds. The third-order valence-corrected chi connectivity index (χ3v) is 6.88. The van der Waals surface area contributed by atoms with Crippen molar-refractivity contribution < 1.29 is 4.42 Å². The SMILES string of the molecule is CC(CN1CCN(CCCc2coc3ccc(-c4ccc(=O)[nH]c4)cc23)CC1)c1ccccn1. The highest BCUT2D eigenvalue weighted by Gasteiger charge is 2.19. The van der Waals surface area contributed by atoms with Gasteiger partial charge in [-0.25, -0.2) is 0 Å². The van der Waals surface area contributed by atoms with Gasteiger partial charge in [-0.05, 0) is 66.4 Å². The molecule has 1 aromatic carbocycles. The van der Waals surface area contributed by atoms with E-state index in [1.54, 1.807) is 12.3 Å². The second-order valence-corrected chi connectivity index (χ2v) is 9.31. The number of fused-ring (bicyclic) bond motifs is 1. The Kier molecular flexibility index (Phi) is 6.88. The van der Waals surface area contributed by atoms with Crippen LogP contribution in [0.5, 0.6) is 0 Å². The molecule has 1 aliphatic rings. The number of benzene rings is 1. The molecule has 4 aromatic rings. The van der Waals surface area contributed by atoms with Gasteiger partial charge in [0.25, 0.3) is 0 Å². The number of aromatic amines is 1. The second-order valence-electron chi connectivity index (χ2n) is 9.31. The average Bonchev–Trinajstić information content (AvgIpc) is 3.28. The maximum atomic E-state index is 11.4. The third-order valence-electron chi connectivity index (χ3n) is 6.88. The highest BCUT2D eigenvalue weighted by atomic mass is 16.3. The van der Waals surface area contributed by atoms with Crippen LogP contribution in [0, 0.1) is 0 Å². The number of rotatable bonds is 8. The molecule has 5 rings (SSSR count). The minimum Gasteiger partial charge on any atom is -0.464 e. The zero-order valence-corrected chi connectivity index (χ0v) is 19.7. The Labute approximate surface area is 200 Å². The molecule has 0 radical (unpaired) electrons. The molecule has 0 saturated carbocycles. The molecule has 176 valence electrons. The standard InChI is InChI=1S/C28H32N4O2/c1-21(26-6-2-3-11-29-26)19-32-15-13-31(14-16-32)12-4-5-24-20-34-27-9-7-22(17-25(24)27)23-8-10-28(33)30-18-23/h2-3,6-11,17-18,20-21H,4-5,12-16,19H2,1H3,(H,30,33). The number of hydrogen-bond donors (Lipinski definition) is 1. The topological polar surface area (TPSA) is 65.4 Å². The van der Waals surface area contributed by atoms with Gasteiger partial charge in [0.05, 0.1) is 6.26 Å². The third kappa shape index (κ3) is 5.29. The molecule has 6 nitrogen and oxygen atoms in total. The van der Waals surface area contributed by atoms with E-state index in [4.69, 9.17) is 4.42 Å². The molecular weight excluding hydrogens is 424 g/mol. The van der Waals surface area contributed by atoms with Crippen LogP contribution in [0.4, 0.5) is 0 Å². The summed E-state index contributed by atoms with van der Waals surface area (Å²) >= 11 is 0. The molecule has 1 atom stereocenters. The van der Waals surface area contributed by atoms with Gasteiger partial charge in [0.15, 0.2) is 0 Å². The minimum atomic E-state index is -0.0858. The van der Waals surface area contributed by atoms with Crippen LogP contribution in [0.1, 0.15) is 30.5 Å². The number of furan rings is 1. The molecule has 1 fully saturated rings. The van der Waals surface area contributed by atoms with E-state index in [2.05, 4.69) is 44.9 Å². The van der Waals surface area contributed by atoms with Crippen LogP contribution in [0.2, 0.25) is 0 Å². The number of piperazine rings is 1. The summed E-state index contributed by atoms with van der Waals surface area (Å²) in [4.78, 5) is 23.8. The van der Waals surface area contributed by atoms with Crippen LogP contribution in [0.3, 0.4) is 0 Å². The van der Waals surface area contributed by atoms with Crippen LogP contribution < -0.4 is 5.56 Å². The number of nitrogens with one attached hydrogen (secondary N) is 1. The molecule has 1 N–H and O–H groups in total. The largest absolute Gasteiger partial charge is 0.464 e. The van der Waals surface area contributed by atoms with Crippen molar-refractivity contribution >= 4 is 11.0 Å². The molecule has 3 aromatic heterocycles. The quantitative estimate of drug-likeness (QED) is 0.422. The molecule has 6 heteroatoms. The van der Waals surface area contributed by atoms with Crippen molar-refractivity contribution in [2.45, 2.75) is 25.7 Å². The van der Waals surface area contributed by atoms with Gasteiger partial charge >= 0.3 is 0 Å². The van der Waals surface area contributed by atoms with Crippen molar-refractivity contribution in [3.05, 3.63) is 88.8 Å². The first-order valence-corrected chi connectivity index (χ1v) is 12.2. The van der Waals surface area contributed by atoms with Crippen molar-refractivity contribution in [3.63, 3.8) is 0 Å². The van der Waals surface area contributed by atoms with E-state index in [1.807, 2.05) is 36.7 Å². The van der Waals surface area contributed by atoms with Crippen molar-refractivity contribution in [1.29, 1.82) is 0 Å². The summed E-state index contributed by atoms with van der Waals surface area (Å²) < 4.78 is 5.81. The van der Waals surface area contributed by atoms with Crippen LogP contribution in [0.15, 0.2) is 76.4 Å². The van der Waals surface area contributed by atoms with E-state index in [9.17, 15) is 4.79 Å². The van der Waals surface area contributed by atoms with E-state index in [1.165, 1.54) is 11.3 Å². The van der Waals surface area contributed by atoms with Gasteiger partial charge in [-0.2, -0.15) is 0 Å². The molecule has 0 spiro atoms. The van der Waals surface area contributed by atoms with E-state index in [0.717, 1.165) is 74.2 Å². The van der Waals surface area contributed by atoms with Gasteiger partial charge in [-0.3, -0.25) is 9.78 Å². The predicted molar refractivity (Wildman–Crippen MR) is 136 cm³/mol. The number of aryl methyl sites for hydroxylation is 1. The van der Waals surface area contributed by atoms with Gasteiger partial charge in [-0.1, -0.05) is 19.1 Å². The summed E-state index contributed by atoms with van der Waals surface area (Å²) in [7, 11) is 0. The average molecular weight is 457 g/mol. The van der Waals surface area contributed by atoms with E-state index in [0.29, 0.717) is 5.92 Å². The summed E-state index contributed by atoms with van der Waals surface area (Å²) in [6.07, 6.45) is 7.66. The second kappa shape index (κ2) is 10.4. The monoisotopic (exact) mass is 456 g/mol. The summed E-state index contributed by atoms with van der Waals surface area (Å²) in [6.45, 7) is 8.93. The zero-order chi connectivity index (χ0) is 23.3. The van der Waals surface area contributed by atoms with Gasteiger partial charge in [0, 0.05) is 68.2 Å². The van der Waals surface area contributed by atoms with E-state index in [-0.39, 0.29) is 5.56 Å². The summed E-state index contributed by atoms with van der Waals surface area (Å²) in [5.41, 5.74) is 5.35. The lowest BCUT2D eigenvalue weighted by Crippen LogP contribution is -2.47. The maximum Gasteiger partial charge on any atom is 0.247 e. The lowest BCUT2D eigenvalue weighted by atomic mass is 10.0. The Bertz CT molecular complexity index is 1250. The molecule has 1 aliphatic heterocycles. The highest BCUT2D eigenvalue weighted by Crippen LogP contribution is 2.28. The maximum absolute atomic E-state index is 11.4. The fourth-order valence-electron chi connectivity index (χ4n) is 4.88. The molecule has 4 heterocycles. The van der Waals surface area contributed by atoms with Gasteiger partial charge < -0.3 is 19.2 Å². The first kappa shape index (κ1) is 22.6. The molecule has 34 heavy (non-hydrogen) atoms. The predicted octanol–water partition coefficient (Wildman–Crippen LogP) is 4.54. The van der Waals surface area contributed by atoms with E-state index < -0.39 is 0 Å². The molecular formula is C28H32N4O2. The van der Waals surface area contributed by atoms with Crippen LogP contribution >= 0.6 is 0 Å². The van der Waals surface area contributed by atoms with Crippen molar-refractivity contribution in [3.8, 4) is 11.1 Å². The first-order chi connectivity index (χ1) is 16.7. The lowest BCUT2D eigenvalue weighted by Gasteiger charge is -2.35. The van der Waals surface area contributed by atoms with Crippen molar-refractivity contribution in [1.82, 2.24) is 19.8 Å². The van der Waals surface area contributed by atoms with E-state index >= 15 is 0 Å². The number of hydrogen-bond acceptors (Lipinski definition) is 5. The Morgan fingerprint density at radius 2 is 1.85 bits per heavy atom. The summed E-state index contributed by atoms with van der Waals surface area (Å²) in [5.74, 6) is 0.461. The Balaban J connectivity index is 1.12. The smallest absolute Gasteiger partial charge is 0.247 e. The molecule has 0 aliphatic carbocycles. The highest BCUT2D eigenvalue weighted by molar-refractivity contribution is 5.86. The number of aromatic nitrogens is 2. The Morgan fingerprint density at radius 3 is 2.62 bits per heavy atom. The Hall–Kier alpha value is -3.22. The molecule has 1 unspecified atom stereocenters. The van der Waals surface area contributed by atoms with Gasteiger partial charge in [0.1, 0.15) is 5.58 Å². The number of H-pyrrole nitrogens is 1.